The van der Waals surface area contributed by atoms with Crippen LogP contribution in [-0.2, 0) is 5.79 Å². The number of methoxy groups -OCH3 is 1. The molecule has 174 valence electrons. The van der Waals surface area contributed by atoms with Crippen LogP contribution in [0, 0.1) is 10.1 Å². The van der Waals surface area contributed by atoms with Crippen LogP contribution >= 0.6 is 0 Å². The Bertz CT molecular complexity index is 1360. The molecule has 0 unspecified atom stereocenters. The highest BCUT2D eigenvalue weighted by Crippen LogP contribution is 2.52. The zero-order valence-corrected chi connectivity index (χ0v) is 18.5. The van der Waals surface area contributed by atoms with Crippen LogP contribution < -0.4 is 18.9 Å². The minimum Gasteiger partial charge on any atom is -0.493 e. The number of hydrogen-bond acceptors (Lipinski definition) is 7. The first-order valence-electron chi connectivity index (χ1n) is 10.7. The molecule has 0 bridgehead atoms. The van der Waals surface area contributed by atoms with Crippen LogP contribution in [0.1, 0.15) is 21.5 Å². The molecule has 0 saturated heterocycles. The summed E-state index contributed by atoms with van der Waals surface area (Å²) >= 11 is 0. The molecule has 0 amide bonds. The largest absolute Gasteiger partial charge is 0.493 e. The van der Waals surface area contributed by atoms with Crippen molar-refractivity contribution in [2.24, 2.45) is 0 Å². The Morgan fingerprint density at radius 1 is 0.857 bits per heavy atom. The van der Waals surface area contributed by atoms with Gasteiger partial charge in [-0.25, -0.2) is 4.79 Å². The summed E-state index contributed by atoms with van der Waals surface area (Å²) in [7, 11) is 1.46. The molecule has 4 aromatic carbocycles. The summed E-state index contributed by atoms with van der Waals surface area (Å²) in [6.45, 7) is 0. The van der Waals surface area contributed by atoms with Gasteiger partial charge < -0.3 is 18.9 Å². The Morgan fingerprint density at radius 2 is 1.51 bits per heavy atom. The fraction of sp³-hybridized carbons (Fsp3) is 0.0741. The van der Waals surface area contributed by atoms with Crippen LogP contribution in [0.2, 0.25) is 0 Å². The Balaban J connectivity index is 1.53. The number of fused-ring (bicyclic) bond motifs is 1. The second kappa shape index (κ2) is 8.83. The molecule has 8 nitrogen and oxygen atoms in total. The fourth-order valence-electron chi connectivity index (χ4n) is 3.89. The third-order valence-electron chi connectivity index (χ3n) is 5.52. The molecule has 0 aromatic heterocycles. The van der Waals surface area contributed by atoms with Gasteiger partial charge in [-0.05, 0) is 18.2 Å². The van der Waals surface area contributed by atoms with Gasteiger partial charge in [-0.2, -0.15) is 0 Å². The van der Waals surface area contributed by atoms with Gasteiger partial charge in [0.15, 0.2) is 11.5 Å². The highest BCUT2D eigenvalue weighted by Gasteiger charge is 2.47. The molecule has 4 aromatic rings. The van der Waals surface area contributed by atoms with Crippen molar-refractivity contribution in [2.75, 3.05) is 7.11 Å². The number of ether oxygens (including phenoxy) is 4. The first kappa shape index (κ1) is 22.0. The quantitative estimate of drug-likeness (QED) is 0.159. The monoisotopic (exact) mass is 469 g/mol. The lowest BCUT2D eigenvalue weighted by molar-refractivity contribution is -0.384. The average Bonchev–Trinajstić information content (AvgIpc) is 3.30. The molecule has 35 heavy (non-hydrogen) atoms. The maximum atomic E-state index is 12.9. The number of nitro benzene ring substituents is 1. The number of carbonyl (C=O) groups is 1. The van der Waals surface area contributed by atoms with Gasteiger partial charge in [0.25, 0.3) is 5.69 Å². The third kappa shape index (κ3) is 4.02. The molecule has 0 atom stereocenters. The number of nitro groups is 1. The van der Waals surface area contributed by atoms with E-state index < -0.39 is 16.7 Å². The van der Waals surface area contributed by atoms with Gasteiger partial charge in [0.1, 0.15) is 5.75 Å². The van der Waals surface area contributed by atoms with E-state index in [1.807, 2.05) is 60.7 Å². The molecule has 8 heteroatoms. The summed E-state index contributed by atoms with van der Waals surface area (Å²) in [4.78, 5) is 23.4. The van der Waals surface area contributed by atoms with Gasteiger partial charge in [0.05, 0.1) is 23.7 Å². The van der Waals surface area contributed by atoms with Crippen LogP contribution in [0.4, 0.5) is 5.69 Å². The van der Waals surface area contributed by atoms with E-state index in [4.69, 9.17) is 18.9 Å². The highest BCUT2D eigenvalue weighted by molar-refractivity contribution is 5.93. The summed E-state index contributed by atoms with van der Waals surface area (Å²) in [5.41, 5.74) is 1.46. The minimum atomic E-state index is -1.29. The van der Waals surface area contributed by atoms with E-state index in [0.29, 0.717) is 11.5 Å². The van der Waals surface area contributed by atoms with Gasteiger partial charge >= 0.3 is 11.8 Å². The highest BCUT2D eigenvalue weighted by atomic mass is 16.7. The zero-order valence-electron chi connectivity index (χ0n) is 18.5. The zero-order chi connectivity index (χ0) is 24.4. The van der Waals surface area contributed by atoms with E-state index in [9.17, 15) is 14.9 Å². The number of esters is 1. The number of hydrogen-bond donors (Lipinski definition) is 0. The van der Waals surface area contributed by atoms with Crippen LogP contribution in [0.5, 0.6) is 23.0 Å². The molecule has 0 radical (unpaired) electrons. The Hall–Kier alpha value is -4.85. The predicted octanol–water partition coefficient (Wildman–Crippen LogP) is 5.50. The predicted molar refractivity (Wildman–Crippen MR) is 126 cm³/mol. The first-order valence-corrected chi connectivity index (χ1v) is 10.7. The number of nitrogens with zero attached hydrogens (tertiary/aromatic N) is 1. The fourth-order valence-corrected chi connectivity index (χ4v) is 3.89. The Labute approximate surface area is 200 Å². The molecule has 0 spiro atoms. The van der Waals surface area contributed by atoms with E-state index >= 15 is 0 Å². The van der Waals surface area contributed by atoms with Gasteiger partial charge in [0.2, 0.25) is 5.75 Å². The van der Waals surface area contributed by atoms with Crippen molar-refractivity contribution in [2.45, 2.75) is 5.79 Å². The molecule has 0 fully saturated rings. The van der Waals surface area contributed by atoms with Crippen LogP contribution in [0.25, 0.3) is 0 Å². The Morgan fingerprint density at radius 3 is 2.11 bits per heavy atom. The first-order chi connectivity index (χ1) is 17.0. The average molecular weight is 469 g/mol. The molecular weight excluding hydrogens is 450 g/mol. The third-order valence-corrected chi connectivity index (χ3v) is 5.52. The molecule has 5 rings (SSSR count). The molecule has 0 saturated carbocycles. The number of rotatable bonds is 6. The smallest absolute Gasteiger partial charge is 0.343 e. The lowest BCUT2D eigenvalue weighted by atomic mass is 9.97. The van der Waals surface area contributed by atoms with Crippen LogP contribution in [0.15, 0.2) is 97.1 Å². The van der Waals surface area contributed by atoms with Crippen molar-refractivity contribution in [3.63, 3.8) is 0 Å². The SMILES string of the molecule is COc1cc(C(=O)Oc2cccc([N+](=O)[O-])c2)cc2c1OC(c1ccccc1)(c1ccccc1)O2. The van der Waals surface area contributed by atoms with E-state index in [1.165, 1.54) is 43.5 Å². The van der Waals surface area contributed by atoms with Crippen molar-refractivity contribution in [1.82, 2.24) is 0 Å². The lowest BCUT2D eigenvalue weighted by Crippen LogP contribution is -2.36. The van der Waals surface area contributed by atoms with Crippen LogP contribution in [0.3, 0.4) is 0 Å². The summed E-state index contributed by atoms with van der Waals surface area (Å²) in [5.74, 6) is -1.06. The maximum Gasteiger partial charge on any atom is 0.343 e. The van der Waals surface area contributed by atoms with E-state index in [-0.39, 0.29) is 22.7 Å². The van der Waals surface area contributed by atoms with Crippen molar-refractivity contribution < 1.29 is 28.7 Å². The Kier molecular flexibility index (Phi) is 5.54. The molecule has 0 aliphatic carbocycles. The second-order valence-electron chi connectivity index (χ2n) is 7.70. The number of benzene rings is 4. The summed E-state index contributed by atoms with van der Waals surface area (Å²) in [6, 6.07) is 27.3. The molecular formula is C27H19NO7. The summed E-state index contributed by atoms with van der Waals surface area (Å²) < 4.78 is 23.7. The standard InChI is InChI=1S/C27H19NO7/c1-32-23-15-18(26(29)33-22-14-8-13-21(17-22)28(30)31)16-24-25(23)35-27(34-24,19-9-4-2-5-10-19)20-11-6-3-7-12-20/h2-17H,1H3. The number of non-ortho nitro benzene ring substituents is 1. The van der Waals surface area contributed by atoms with E-state index in [1.54, 1.807) is 0 Å². The normalized spacial score (nSPS) is 13.2. The van der Waals surface area contributed by atoms with Crippen LogP contribution in [-0.4, -0.2) is 18.0 Å². The lowest BCUT2D eigenvalue weighted by Gasteiger charge is -2.28. The molecule has 1 aliphatic rings. The van der Waals surface area contributed by atoms with Gasteiger partial charge in [-0.15, -0.1) is 0 Å². The van der Waals surface area contributed by atoms with Crippen molar-refractivity contribution in [3.05, 3.63) is 124 Å². The van der Waals surface area contributed by atoms with Crippen molar-refractivity contribution in [1.29, 1.82) is 0 Å². The summed E-state index contributed by atoms with van der Waals surface area (Å²) in [6.07, 6.45) is 0. The van der Waals surface area contributed by atoms with Gasteiger partial charge in [-0.1, -0.05) is 66.7 Å². The molecule has 1 heterocycles. The molecule has 1 aliphatic heterocycles. The van der Waals surface area contributed by atoms with Crippen molar-refractivity contribution >= 4 is 11.7 Å². The topological polar surface area (TPSA) is 97.1 Å². The van der Waals surface area contributed by atoms with Crippen molar-refractivity contribution in [3.8, 4) is 23.0 Å². The second-order valence-corrected chi connectivity index (χ2v) is 7.70. The molecule has 0 N–H and O–H groups in total. The minimum absolute atomic E-state index is 0.0451. The van der Waals surface area contributed by atoms with Gasteiger partial charge in [0, 0.05) is 17.2 Å². The maximum absolute atomic E-state index is 12.9. The number of carbonyl (C=O) groups excluding carboxylic acids is 1. The van der Waals surface area contributed by atoms with Gasteiger partial charge in [-0.3, -0.25) is 10.1 Å². The van der Waals surface area contributed by atoms with E-state index in [0.717, 1.165) is 11.1 Å². The van der Waals surface area contributed by atoms with E-state index in [2.05, 4.69) is 0 Å². The summed E-state index contributed by atoms with van der Waals surface area (Å²) in [5, 5.41) is 11.0.